The molecule has 0 aromatic carbocycles. The third-order valence-electron chi connectivity index (χ3n) is 3.88. The summed E-state index contributed by atoms with van der Waals surface area (Å²) in [4.78, 5) is 26.6. The number of rotatable bonds is 3. The summed E-state index contributed by atoms with van der Waals surface area (Å²) in [6.07, 6.45) is 1.77. The second-order valence-electron chi connectivity index (χ2n) is 5.31. The van der Waals surface area contributed by atoms with Crippen molar-refractivity contribution >= 4 is 17.2 Å². The minimum atomic E-state index is -0.541. The van der Waals surface area contributed by atoms with Gasteiger partial charge in [0, 0.05) is 18.0 Å². The van der Waals surface area contributed by atoms with Gasteiger partial charge >= 0.3 is 5.76 Å². The first kappa shape index (κ1) is 14.1. The highest BCUT2D eigenvalue weighted by Gasteiger charge is 2.30. The van der Waals surface area contributed by atoms with Crippen molar-refractivity contribution in [3.05, 3.63) is 38.8 Å². The Hall–Kier alpha value is -1.89. The second-order valence-corrected chi connectivity index (χ2v) is 6.29. The van der Waals surface area contributed by atoms with Gasteiger partial charge < -0.3 is 9.32 Å². The molecule has 7 heteroatoms. The third-order valence-corrected chi connectivity index (χ3v) is 4.93. The van der Waals surface area contributed by atoms with Crippen LogP contribution in [0.1, 0.15) is 42.4 Å². The second kappa shape index (κ2) is 5.85. The number of likely N-dealkylation sites (tertiary alicyclic amines) is 1. The largest absolute Gasteiger partial charge is 0.434 e. The molecule has 0 spiro atoms. The van der Waals surface area contributed by atoms with E-state index in [9.17, 15) is 9.59 Å². The van der Waals surface area contributed by atoms with Crippen molar-refractivity contribution < 1.29 is 9.21 Å². The molecule has 1 N–H and O–H groups in total. The first-order chi connectivity index (χ1) is 10.1. The quantitative estimate of drug-likeness (QED) is 0.939. The van der Waals surface area contributed by atoms with Gasteiger partial charge in [-0.1, -0.05) is 6.07 Å². The number of hydrogen-bond acceptors (Lipinski definition) is 5. The zero-order valence-electron chi connectivity index (χ0n) is 11.7. The topological polar surface area (TPSA) is 79.2 Å². The van der Waals surface area contributed by atoms with Crippen LogP contribution in [0.4, 0.5) is 0 Å². The Morgan fingerprint density at radius 2 is 2.48 bits per heavy atom. The molecular formula is C14H17N3O3S. The number of nitrogens with one attached hydrogen (secondary N) is 1. The van der Waals surface area contributed by atoms with Gasteiger partial charge in [-0.25, -0.2) is 9.89 Å². The molecule has 1 saturated heterocycles. The number of piperidine rings is 1. The van der Waals surface area contributed by atoms with E-state index >= 15 is 0 Å². The van der Waals surface area contributed by atoms with Crippen LogP contribution in [0.2, 0.25) is 0 Å². The van der Waals surface area contributed by atoms with Gasteiger partial charge in [0.15, 0.2) is 0 Å². The van der Waals surface area contributed by atoms with Gasteiger partial charge in [0.2, 0.25) is 11.8 Å². The first-order valence-corrected chi connectivity index (χ1v) is 7.90. The fourth-order valence-electron chi connectivity index (χ4n) is 2.73. The Balaban J connectivity index is 1.71. The number of aromatic amines is 1. The molecule has 2 atom stereocenters. The van der Waals surface area contributed by atoms with Crippen molar-refractivity contribution in [1.29, 1.82) is 0 Å². The summed E-state index contributed by atoms with van der Waals surface area (Å²) in [6, 6.07) is 3.95. The Kier molecular flexibility index (Phi) is 3.92. The highest BCUT2D eigenvalue weighted by Crippen LogP contribution is 2.28. The molecule has 1 aliphatic rings. The summed E-state index contributed by atoms with van der Waals surface area (Å²) >= 11 is 1.60. The third kappa shape index (κ3) is 2.92. The summed E-state index contributed by atoms with van der Waals surface area (Å²) in [6.45, 7) is 3.24. The molecular weight excluding hydrogens is 290 g/mol. The van der Waals surface area contributed by atoms with Gasteiger partial charge in [0.1, 0.15) is 0 Å². The normalized spacial score (nSPS) is 20.4. The average molecular weight is 307 g/mol. The van der Waals surface area contributed by atoms with Gasteiger partial charge in [-0.05, 0) is 31.2 Å². The Bertz CT molecular complexity index is 661. The fourth-order valence-corrected chi connectivity index (χ4v) is 3.50. The van der Waals surface area contributed by atoms with E-state index in [1.165, 1.54) is 0 Å². The maximum Gasteiger partial charge on any atom is 0.434 e. The number of aromatic nitrogens is 2. The molecule has 3 rings (SSSR count). The lowest BCUT2D eigenvalue weighted by Crippen LogP contribution is -2.41. The van der Waals surface area contributed by atoms with E-state index in [4.69, 9.17) is 4.42 Å². The number of carbonyl (C=O) groups excluding carboxylic acids is 1. The summed E-state index contributed by atoms with van der Waals surface area (Å²) in [5.41, 5.74) is 0. The lowest BCUT2D eigenvalue weighted by Gasteiger charge is -2.32. The zero-order valence-corrected chi connectivity index (χ0v) is 12.6. The molecule has 1 fully saturated rings. The van der Waals surface area contributed by atoms with E-state index in [2.05, 4.69) is 10.2 Å². The molecule has 2 aromatic heterocycles. The molecule has 21 heavy (non-hydrogen) atoms. The van der Waals surface area contributed by atoms with Crippen LogP contribution >= 0.6 is 11.3 Å². The SMILES string of the molecule is CC(C(=O)N1CCCC(c2n[nH]c(=O)o2)C1)c1cccs1. The summed E-state index contributed by atoms with van der Waals surface area (Å²) < 4.78 is 5.03. The predicted octanol–water partition coefficient (Wildman–Crippen LogP) is 1.93. The van der Waals surface area contributed by atoms with E-state index in [0.717, 1.165) is 24.3 Å². The van der Waals surface area contributed by atoms with Gasteiger partial charge in [0.25, 0.3) is 0 Å². The van der Waals surface area contributed by atoms with E-state index in [1.54, 1.807) is 11.3 Å². The summed E-state index contributed by atoms with van der Waals surface area (Å²) in [5.74, 6) is -0.145. The standard InChI is InChI=1S/C14H17N3O3S/c1-9(11-5-3-7-21-11)13(18)17-6-2-4-10(8-17)12-15-16-14(19)20-12/h3,5,7,9-10H,2,4,6,8H2,1H3,(H,16,19). The van der Waals surface area contributed by atoms with Gasteiger partial charge in [-0.15, -0.1) is 16.4 Å². The monoisotopic (exact) mass is 307 g/mol. The van der Waals surface area contributed by atoms with Gasteiger partial charge in [-0.3, -0.25) is 4.79 Å². The number of amides is 1. The van der Waals surface area contributed by atoms with Crippen LogP contribution in [-0.2, 0) is 4.79 Å². The fraction of sp³-hybridized carbons (Fsp3) is 0.500. The number of nitrogens with zero attached hydrogens (tertiary/aromatic N) is 2. The Labute approximate surface area is 125 Å². The first-order valence-electron chi connectivity index (χ1n) is 7.02. The van der Waals surface area contributed by atoms with E-state index in [-0.39, 0.29) is 17.7 Å². The molecule has 0 saturated carbocycles. The highest BCUT2D eigenvalue weighted by atomic mass is 32.1. The van der Waals surface area contributed by atoms with Crippen molar-refractivity contribution in [1.82, 2.24) is 15.1 Å². The molecule has 1 amide bonds. The zero-order chi connectivity index (χ0) is 14.8. The van der Waals surface area contributed by atoms with Crippen LogP contribution in [0.5, 0.6) is 0 Å². The number of thiophene rings is 1. The Morgan fingerprint density at radius 3 is 3.14 bits per heavy atom. The van der Waals surface area contributed by atoms with Crippen molar-refractivity contribution in [2.75, 3.05) is 13.1 Å². The minimum Gasteiger partial charge on any atom is -0.392 e. The van der Waals surface area contributed by atoms with E-state index in [0.29, 0.717) is 12.4 Å². The van der Waals surface area contributed by atoms with Crippen LogP contribution < -0.4 is 5.76 Å². The van der Waals surface area contributed by atoms with Crippen molar-refractivity contribution in [2.45, 2.75) is 31.6 Å². The molecule has 2 aromatic rings. The van der Waals surface area contributed by atoms with Crippen LogP contribution in [0.15, 0.2) is 26.7 Å². The maximum absolute atomic E-state index is 12.6. The molecule has 0 radical (unpaired) electrons. The number of hydrogen-bond donors (Lipinski definition) is 1. The van der Waals surface area contributed by atoms with Crippen molar-refractivity contribution in [3.8, 4) is 0 Å². The van der Waals surface area contributed by atoms with Crippen LogP contribution in [0, 0.1) is 0 Å². The molecule has 0 aliphatic carbocycles. The maximum atomic E-state index is 12.6. The molecule has 0 bridgehead atoms. The lowest BCUT2D eigenvalue weighted by molar-refractivity contribution is -0.133. The van der Waals surface area contributed by atoms with Crippen molar-refractivity contribution in [3.63, 3.8) is 0 Å². The van der Waals surface area contributed by atoms with Gasteiger partial charge in [-0.2, -0.15) is 0 Å². The van der Waals surface area contributed by atoms with Crippen LogP contribution in [0.3, 0.4) is 0 Å². The lowest BCUT2D eigenvalue weighted by atomic mass is 9.96. The number of carbonyl (C=O) groups is 1. The van der Waals surface area contributed by atoms with E-state index in [1.807, 2.05) is 29.3 Å². The Morgan fingerprint density at radius 1 is 1.62 bits per heavy atom. The van der Waals surface area contributed by atoms with Crippen LogP contribution in [-0.4, -0.2) is 34.1 Å². The molecule has 2 unspecified atom stereocenters. The summed E-state index contributed by atoms with van der Waals surface area (Å²) in [7, 11) is 0. The van der Waals surface area contributed by atoms with E-state index < -0.39 is 5.76 Å². The van der Waals surface area contributed by atoms with Crippen molar-refractivity contribution in [2.24, 2.45) is 0 Å². The smallest absolute Gasteiger partial charge is 0.392 e. The molecule has 1 aliphatic heterocycles. The van der Waals surface area contributed by atoms with Gasteiger partial charge in [0.05, 0.1) is 11.8 Å². The summed E-state index contributed by atoms with van der Waals surface area (Å²) in [5, 5.41) is 8.15. The average Bonchev–Trinajstić information content (AvgIpc) is 3.17. The molecule has 112 valence electrons. The van der Waals surface area contributed by atoms with Crippen LogP contribution in [0.25, 0.3) is 0 Å². The molecule has 6 nitrogen and oxygen atoms in total. The minimum absolute atomic E-state index is 0.00261. The molecule has 3 heterocycles. The predicted molar refractivity (Wildman–Crippen MR) is 78.4 cm³/mol. The highest BCUT2D eigenvalue weighted by molar-refractivity contribution is 7.10. The number of H-pyrrole nitrogens is 1.